The Hall–Kier alpha value is -4.67. The first-order valence-corrected chi connectivity index (χ1v) is 18.4. The van der Waals surface area contributed by atoms with Gasteiger partial charge in [0.15, 0.2) is 0 Å². The van der Waals surface area contributed by atoms with E-state index in [-0.39, 0.29) is 38.2 Å². The van der Waals surface area contributed by atoms with Gasteiger partial charge in [-0.2, -0.15) is 13.2 Å². The minimum atomic E-state index is -4.64. The number of hydrogen-bond donors (Lipinski definition) is 3. The van der Waals surface area contributed by atoms with Gasteiger partial charge in [-0.3, -0.25) is 24.0 Å². The minimum Gasteiger partial charge on any atom is -0.444 e. The molecule has 1 unspecified atom stereocenters. The highest BCUT2D eigenvalue weighted by atomic mass is 32.2. The standard InChI is InChI=1S/C35H39F4N5O7S/c1-4-21-15-34(21,32(47)42-52(49,50)25-11-12-25)41-30(45)28-14-24(51-33(48)43-16-20-7-5-10-27(36)26(20)18-43)17-44(28)31(46)29(19(2)3)40-23-9-6-8-22(13-23)35(37,38)39/h4-10,13,19,21,24-25,28-29,40H,1,11-12,14-18H2,2-3H3,(H,41,45)(H,42,47)/t21-,24?,28+,29+,34-/m1/s1. The normalized spacial score (nSPS) is 24.6. The summed E-state index contributed by atoms with van der Waals surface area (Å²) in [5.41, 5.74) is -1.65. The number of carbonyl (C=O) groups is 4. The second-order valence-corrected chi connectivity index (χ2v) is 16.1. The molecule has 1 saturated heterocycles. The maximum Gasteiger partial charge on any atom is 0.416 e. The van der Waals surface area contributed by atoms with Crippen molar-refractivity contribution in [3.63, 3.8) is 0 Å². The van der Waals surface area contributed by atoms with E-state index in [0.717, 1.165) is 17.0 Å². The van der Waals surface area contributed by atoms with E-state index in [1.807, 2.05) is 0 Å². The van der Waals surface area contributed by atoms with Gasteiger partial charge in [-0.25, -0.2) is 17.6 Å². The Bertz CT molecular complexity index is 1900. The van der Waals surface area contributed by atoms with Gasteiger partial charge in [0.05, 0.1) is 23.9 Å². The molecule has 0 bridgehead atoms. The molecule has 2 heterocycles. The van der Waals surface area contributed by atoms with Crippen molar-refractivity contribution in [2.45, 2.75) is 87.8 Å². The highest BCUT2D eigenvalue weighted by molar-refractivity contribution is 7.91. The molecule has 52 heavy (non-hydrogen) atoms. The average Bonchev–Trinajstić information content (AvgIpc) is 3.97. The number of alkyl halides is 3. The molecule has 0 aromatic heterocycles. The van der Waals surface area contributed by atoms with Gasteiger partial charge in [0.1, 0.15) is 29.5 Å². The molecule has 280 valence electrons. The molecule has 0 radical (unpaired) electrons. The van der Waals surface area contributed by atoms with Crippen LogP contribution in [0.25, 0.3) is 0 Å². The lowest BCUT2D eigenvalue weighted by Gasteiger charge is -2.31. The molecule has 2 aromatic rings. The fourth-order valence-corrected chi connectivity index (χ4v) is 8.14. The van der Waals surface area contributed by atoms with Crippen LogP contribution in [0.15, 0.2) is 55.1 Å². The molecule has 0 spiro atoms. The largest absolute Gasteiger partial charge is 0.444 e. The predicted octanol–water partition coefficient (Wildman–Crippen LogP) is 4.07. The Morgan fingerprint density at radius 3 is 2.40 bits per heavy atom. The van der Waals surface area contributed by atoms with Gasteiger partial charge >= 0.3 is 12.3 Å². The smallest absolute Gasteiger partial charge is 0.416 e. The molecular formula is C35H39F4N5O7S. The molecule has 6 rings (SSSR count). The number of nitrogens with zero attached hydrogens (tertiary/aromatic N) is 2. The van der Waals surface area contributed by atoms with Crippen molar-refractivity contribution in [3.05, 3.63) is 77.6 Å². The summed E-state index contributed by atoms with van der Waals surface area (Å²) >= 11 is 0. The maximum atomic E-state index is 14.4. The van der Waals surface area contributed by atoms with Crippen molar-refractivity contribution < 1.29 is 49.9 Å². The lowest BCUT2D eigenvalue weighted by atomic mass is 10.0. The number of nitrogens with one attached hydrogen (secondary N) is 3. The second kappa shape index (κ2) is 13.7. The van der Waals surface area contributed by atoms with E-state index in [9.17, 15) is 45.2 Å². The first kappa shape index (κ1) is 37.1. The monoisotopic (exact) mass is 749 g/mol. The highest BCUT2D eigenvalue weighted by Crippen LogP contribution is 2.45. The fourth-order valence-electron chi connectivity index (χ4n) is 6.78. The first-order chi connectivity index (χ1) is 24.4. The number of hydrogen-bond acceptors (Lipinski definition) is 8. The van der Waals surface area contributed by atoms with Crippen molar-refractivity contribution >= 4 is 39.5 Å². The van der Waals surface area contributed by atoms with Gasteiger partial charge in [-0.1, -0.05) is 38.1 Å². The van der Waals surface area contributed by atoms with Crippen LogP contribution in [-0.2, 0) is 48.4 Å². The molecule has 17 heteroatoms. The summed E-state index contributed by atoms with van der Waals surface area (Å²) in [6, 6.07) is 6.31. The molecule has 2 aliphatic carbocycles. The molecule has 5 atom stereocenters. The summed E-state index contributed by atoms with van der Waals surface area (Å²) in [7, 11) is -3.97. The van der Waals surface area contributed by atoms with Crippen LogP contribution in [0.1, 0.15) is 56.2 Å². The zero-order chi connectivity index (χ0) is 37.7. The van der Waals surface area contributed by atoms with Crippen LogP contribution in [0.2, 0.25) is 0 Å². The molecule has 2 aromatic carbocycles. The zero-order valence-electron chi connectivity index (χ0n) is 28.4. The maximum absolute atomic E-state index is 14.4. The lowest BCUT2D eigenvalue weighted by molar-refractivity contribution is -0.140. The molecule has 4 aliphatic rings. The van der Waals surface area contributed by atoms with Crippen LogP contribution < -0.4 is 15.4 Å². The van der Waals surface area contributed by atoms with E-state index in [2.05, 4.69) is 21.9 Å². The van der Waals surface area contributed by atoms with E-state index >= 15 is 0 Å². The van der Waals surface area contributed by atoms with Crippen LogP contribution in [-0.4, -0.2) is 77.6 Å². The molecule has 3 N–H and O–H groups in total. The number of carbonyl (C=O) groups excluding carboxylic acids is 4. The van der Waals surface area contributed by atoms with E-state index in [4.69, 9.17) is 4.74 Å². The molecule has 3 fully saturated rings. The van der Waals surface area contributed by atoms with Crippen LogP contribution >= 0.6 is 0 Å². The van der Waals surface area contributed by atoms with Crippen LogP contribution in [0.4, 0.5) is 28.0 Å². The average molecular weight is 750 g/mol. The van der Waals surface area contributed by atoms with Gasteiger partial charge in [-0.05, 0) is 55.0 Å². The summed E-state index contributed by atoms with van der Waals surface area (Å²) in [5.74, 6) is -4.06. The summed E-state index contributed by atoms with van der Waals surface area (Å²) in [5, 5.41) is 4.80. The minimum absolute atomic E-state index is 0.00480. The fraction of sp³-hybridized carbons (Fsp3) is 0.486. The first-order valence-electron chi connectivity index (χ1n) is 16.9. The van der Waals surface area contributed by atoms with Crippen molar-refractivity contribution in [1.29, 1.82) is 0 Å². The van der Waals surface area contributed by atoms with Crippen LogP contribution in [0, 0.1) is 17.7 Å². The topological polar surface area (TPSA) is 154 Å². The highest BCUT2D eigenvalue weighted by Gasteiger charge is 2.62. The summed E-state index contributed by atoms with van der Waals surface area (Å²) in [4.78, 5) is 57.4. The number of fused-ring (bicyclic) bond motifs is 1. The number of rotatable bonds is 11. The molecule has 2 aliphatic heterocycles. The Labute approximate surface area is 298 Å². The number of anilines is 1. The molecule has 4 amide bonds. The van der Waals surface area contributed by atoms with Gasteiger partial charge in [0.25, 0.3) is 5.91 Å². The Kier molecular flexibility index (Phi) is 9.78. The molecular weight excluding hydrogens is 710 g/mol. The van der Waals surface area contributed by atoms with Gasteiger partial charge < -0.3 is 20.3 Å². The lowest BCUT2D eigenvalue weighted by Crippen LogP contribution is -2.58. The number of sulfonamides is 1. The second-order valence-electron chi connectivity index (χ2n) is 14.1. The third-order valence-corrected chi connectivity index (χ3v) is 11.8. The van der Waals surface area contributed by atoms with Gasteiger partial charge in [0.2, 0.25) is 21.8 Å². The zero-order valence-corrected chi connectivity index (χ0v) is 29.2. The van der Waals surface area contributed by atoms with Gasteiger partial charge in [-0.15, -0.1) is 6.58 Å². The van der Waals surface area contributed by atoms with E-state index in [1.165, 1.54) is 35.2 Å². The Morgan fingerprint density at radius 2 is 1.79 bits per heavy atom. The van der Waals surface area contributed by atoms with Crippen molar-refractivity contribution in [1.82, 2.24) is 19.8 Å². The van der Waals surface area contributed by atoms with Crippen molar-refractivity contribution in [2.75, 3.05) is 11.9 Å². The molecule has 12 nitrogen and oxygen atoms in total. The van der Waals surface area contributed by atoms with E-state index in [0.29, 0.717) is 24.0 Å². The third-order valence-electron chi connectivity index (χ3n) is 9.99. The van der Waals surface area contributed by atoms with Crippen LogP contribution in [0.5, 0.6) is 0 Å². The number of benzene rings is 2. The van der Waals surface area contributed by atoms with E-state index in [1.54, 1.807) is 19.9 Å². The summed E-state index contributed by atoms with van der Waals surface area (Å²) in [6.45, 7) is 6.75. The predicted molar refractivity (Wildman–Crippen MR) is 179 cm³/mol. The number of ether oxygens (including phenoxy) is 1. The van der Waals surface area contributed by atoms with Gasteiger partial charge in [0, 0.05) is 30.1 Å². The third kappa shape index (κ3) is 7.45. The SMILES string of the molecule is C=C[C@@H]1C[C@]1(NC(=O)[C@@H]1CC(OC(=O)N2Cc3cccc(F)c3C2)CN1C(=O)[C@@H](Nc1cccc(C(F)(F)F)c1)C(C)C)C(=O)NS(=O)(=O)C1CC1. The van der Waals surface area contributed by atoms with Crippen molar-refractivity contribution in [2.24, 2.45) is 11.8 Å². The Morgan fingerprint density at radius 1 is 1.08 bits per heavy atom. The summed E-state index contributed by atoms with van der Waals surface area (Å²) in [6.07, 6.45) is -4.46. The summed E-state index contributed by atoms with van der Waals surface area (Å²) < 4.78 is 87.8. The number of amides is 4. The number of halogens is 4. The van der Waals surface area contributed by atoms with Crippen molar-refractivity contribution in [3.8, 4) is 0 Å². The molecule has 2 saturated carbocycles. The number of likely N-dealkylation sites (tertiary alicyclic amines) is 1. The Balaban J connectivity index is 1.24. The quantitative estimate of drug-likeness (QED) is 0.230. The van der Waals surface area contributed by atoms with E-state index < -0.39 is 92.2 Å². The van der Waals surface area contributed by atoms with Crippen LogP contribution in [0.3, 0.4) is 0 Å².